The van der Waals surface area contributed by atoms with E-state index in [-0.39, 0.29) is 19.1 Å². The number of amides is 3. The molecule has 2 unspecified atom stereocenters. The Kier molecular flexibility index (Phi) is 5.83. The van der Waals surface area contributed by atoms with Gasteiger partial charge in [-0.05, 0) is 37.3 Å². The van der Waals surface area contributed by atoms with E-state index in [0.717, 1.165) is 21.8 Å². The van der Waals surface area contributed by atoms with Gasteiger partial charge in [-0.1, -0.05) is 32.0 Å². The van der Waals surface area contributed by atoms with E-state index in [0.29, 0.717) is 12.3 Å². The van der Waals surface area contributed by atoms with Gasteiger partial charge < -0.3 is 15.2 Å². The maximum atomic E-state index is 12.3. The Morgan fingerprint density at radius 1 is 1.25 bits per heavy atom. The molecule has 1 aliphatic rings. The summed E-state index contributed by atoms with van der Waals surface area (Å²) in [6, 6.07) is 4.86. The molecule has 0 aromatic heterocycles. The molecule has 6 heteroatoms. The van der Waals surface area contributed by atoms with Gasteiger partial charge in [-0.25, -0.2) is 4.79 Å². The molecule has 0 saturated carbocycles. The molecule has 0 radical (unpaired) electrons. The number of carbonyl (C=O) groups excluding carboxylic acids is 2. The normalized spacial score (nSPS) is 18.9. The Hall–Kier alpha value is -2.08. The lowest BCUT2D eigenvalue weighted by Gasteiger charge is -2.19. The van der Waals surface area contributed by atoms with Crippen molar-refractivity contribution >= 4 is 11.9 Å². The standard InChI is InChI=1S/C18H26N2O4/c1-11(2)8-15-17(22)20(18(23)19-15)9-14(21)10-24-16-12(3)6-5-7-13(16)4/h5-7,11,14-15,21H,8-10H2,1-4H3,(H,19,23). The molecule has 132 valence electrons. The van der Waals surface area contributed by atoms with Crippen molar-refractivity contribution < 1.29 is 19.4 Å². The third kappa shape index (κ3) is 4.26. The van der Waals surface area contributed by atoms with Gasteiger partial charge in [-0.2, -0.15) is 0 Å². The molecule has 2 atom stereocenters. The minimum absolute atomic E-state index is 0.0254. The number of para-hydroxylation sites is 1. The molecule has 24 heavy (non-hydrogen) atoms. The molecule has 2 N–H and O–H groups in total. The van der Waals surface area contributed by atoms with E-state index in [9.17, 15) is 14.7 Å². The van der Waals surface area contributed by atoms with Crippen LogP contribution in [-0.2, 0) is 4.79 Å². The highest BCUT2D eigenvalue weighted by atomic mass is 16.5. The second-order valence-electron chi connectivity index (χ2n) is 6.77. The lowest BCUT2D eigenvalue weighted by Crippen LogP contribution is -2.40. The molecule has 6 nitrogen and oxygen atoms in total. The number of nitrogens with one attached hydrogen (secondary N) is 1. The Bertz CT molecular complexity index is 595. The van der Waals surface area contributed by atoms with E-state index >= 15 is 0 Å². The molecule has 0 aliphatic carbocycles. The van der Waals surface area contributed by atoms with Gasteiger partial charge in [-0.3, -0.25) is 9.69 Å². The van der Waals surface area contributed by atoms with Crippen LogP contribution in [0.5, 0.6) is 5.75 Å². The molecule has 1 saturated heterocycles. The fraction of sp³-hybridized carbons (Fsp3) is 0.556. The Balaban J connectivity index is 1.91. The molecule has 3 amide bonds. The van der Waals surface area contributed by atoms with Crippen molar-refractivity contribution in [1.82, 2.24) is 10.2 Å². The summed E-state index contributed by atoms with van der Waals surface area (Å²) in [4.78, 5) is 25.3. The third-order valence-electron chi connectivity index (χ3n) is 4.04. The maximum absolute atomic E-state index is 12.3. The van der Waals surface area contributed by atoms with E-state index in [4.69, 9.17) is 4.74 Å². The highest BCUT2D eigenvalue weighted by molar-refractivity contribution is 6.04. The van der Waals surface area contributed by atoms with Crippen LogP contribution in [0.15, 0.2) is 18.2 Å². The number of hydrogen-bond acceptors (Lipinski definition) is 4. The molecular formula is C18H26N2O4. The number of imide groups is 1. The van der Waals surface area contributed by atoms with Gasteiger partial charge in [0.1, 0.15) is 24.5 Å². The van der Waals surface area contributed by atoms with Gasteiger partial charge in [0, 0.05) is 0 Å². The lowest BCUT2D eigenvalue weighted by atomic mass is 10.0. The third-order valence-corrected chi connectivity index (χ3v) is 4.04. The number of rotatable bonds is 7. The molecule has 1 aromatic rings. The smallest absolute Gasteiger partial charge is 0.324 e. The molecule has 0 spiro atoms. The van der Waals surface area contributed by atoms with Crippen molar-refractivity contribution in [2.45, 2.75) is 46.3 Å². The zero-order chi connectivity index (χ0) is 17.9. The fourth-order valence-corrected chi connectivity index (χ4v) is 2.85. The average molecular weight is 334 g/mol. The van der Waals surface area contributed by atoms with Crippen LogP contribution in [-0.4, -0.2) is 47.2 Å². The Labute approximate surface area is 142 Å². The minimum atomic E-state index is -0.934. The molecular weight excluding hydrogens is 308 g/mol. The summed E-state index contributed by atoms with van der Waals surface area (Å²) in [5.41, 5.74) is 1.96. The number of hydrogen-bond donors (Lipinski definition) is 2. The minimum Gasteiger partial charge on any atom is -0.490 e. The maximum Gasteiger partial charge on any atom is 0.324 e. The van der Waals surface area contributed by atoms with Gasteiger partial charge in [0.25, 0.3) is 5.91 Å². The fourth-order valence-electron chi connectivity index (χ4n) is 2.85. The average Bonchev–Trinajstić information content (AvgIpc) is 2.73. The summed E-state index contributed by atoms with van der Waals surface area (Å²) in [7, 11) is 0. The van der Waals surface area contributed by atoms with Crippen molar-refractivity contribution in [2.75, 3.05) is 13.2 Å². The number of aliphatic hydroxyl groups is 1. The number of aryl methyl sites for hydroxylation is 2. The predicted molar refractivity (Wildman–Crippen MR) is 90.9 cm³/mol. The number of benzene rings is 1. The van der Waals surface area contributed by atoms with Crippen LogP contribution in [0.25, 0.3) is 0 Å². The van der Waals surface area contributed by atoms with E-state index in [1.807, 2.05) is 45.9 Å². The molecule has 2 rings (SSSR count). The molecule has 1 heterocycles. The molecule has 1 fully saturated rings. The SMILES string of the molecule is Cc1cccc(C)c1OCC(O)CN1C(=O)NC(CC(C)C)C1=O. The van der Waals surface area contributed by atoms with Crippen LogP contribution in [0.4, 0.5) is 4.79 Å². The van der Waals surface area contributed by atoms with Gasteiger partial charge >= 0.3 is 6.03 Å². The van der Waals surface area contributed by atoms with Crippen LogP contribution in [0.1, 0.15) is 31.4 Å². The van der Waals surface area contributed by atoms with Crippen molar-refractivity contribution in [3.63, 3.8) is 0 Å². The second kappa shape index (κ2) is 7.66. The number of aliphatic hydroxyl groups excluding tert-OH is 1. The van der Waals surface area contributed by atoms with Crippen LogP contribution in [0, 0.1) is 19.8 Å². The van der Waals surface area contributed by atoms with Crippen LogP contribution >= 0.6 is 0 Å². The van der Waals surface area contributed by atoms with Gasteiger partial charge in [0.2, 0.25) is 0 Å². The summed E-state index contributed by atoms with van der Waals surface area (Å²) < 4.78 is 5.68. The van der Waals surface area contributed by atoms with Gasteiger partial charge in [-0.15, -0.1) is 0 Å². The number of carbonyl (C=O) groups is 2. The van der Waals surface area contributed by atoms with E-state index in [1.165, 1.54) is 0 Å². The summed E-state index contributed by atoms with van der Waals surface area (Å²) in [6.45, 7) is 7.82. The summed E-state index contributed by atoms with van der Waals surface area (Å²) in [5, 5.41) is 12.8. The van der Waals surface area contributed by atoms with Gasteiger partial charge in [0.05, 0.1) is 6.54 Å². The monoisotopic (exact) mass is 334 g/mol. The van der Waals surface area contributed by atoms with Crippen molar-refractivity contribution in [3.05, 3.63) is 29.3 Å². The molecule has 1 aliphatic heterocycles. The Morgan fingerprint density at radius 2 is 1.88 bits per heavy atom. The zero-order valence-corrected chi connectivity index (χ0v) is 14.7. The number of ether oxygens (including phenoxy) is 1. The molecule has 1 aromatic carbocycles. The topological polar surface area (TPSA) is 78.9 Å². The first-order valence-electron chi connectivity index (χ1n) is 8.28. The van der Waals surface area contributed by atoms with Crippen molar-refractivity contribution in [2.24, 2.45) is 5.92 Å². The van der Waals surface area contributed by atoms with E-state index in [2.05, 4.69) is 5.32 Å². The highest BCUT2D eigenvalue weighted by Crippen LogP contribution is 2.22. The first-order chi connectivity index (χ1) is 11.3. The van der Waals surface area contributed by atoms with E-state index in [1.54, 1.807) is 0 Å². The van der Waals surface area contributed by atoms with E-state index < -0.39 is 18.2 Å². The second-order valence-corrected chi connectivity index (χ2v) is 6.77. The largest absolute Gasteiger partial charge is 0.490 e. The summed E-state index contributed by atoms with van der Waals surface area (Å²) in [5.74, 6) is 0.753. The van der Waals surface area contributed by atoms with Crippen LogP contribution in [0.3, 0.4) is 0 Å². The number of nitrogens with zero attached hydrogens (tertiary/aromatic N) is 1. The quantitative estimate of drug-likeness (QED) is 0.748. The van der Waals surface area contributed by atoms with Crippen molar-refractivity contribution in [3.8, 4) is 5.75 Å². The first kappa shape index (κ1) is 18.3. The summed E-state index contributed by atoms with van der Waals surface area (Å²) >= 11 is 0. The molecule has 0 bridgehead atoms. The Morgan fingerprint density at radius 3 is 2.46 bits per heavy atom. The number of urea groups is 1. The number of β-amino-alcohol motifs (C(OH)–C–C–N with tert-alkyl or cyclic N) is 1. The highest BCUT2D eigenvalue weighted by Gasteiger charge is 2.38. The van der Waals surface area contributed by atoms with Crippen LogP contribution < -0.4 is 10.1 Å². The van der Waals surface area contributed by atoms with Crippen LogP contribution in [0.2, 0.25) is 0 Å². The predicted octanol–water partition coefficient (Wildman–Crippen LogP) is 2.01. The van der Waals surface area contributed by atoms with Crippen molar-refractivity contribution in [1.29, 1.82) is 0 Å². The zero-order valence-electron chi connectivity index (χ0n) is 14.7. The lowest BCUT2D eigenvalue weighted by molar-refractivity contribution is -0.128. The summed E-state index contributed by atoms with van der Waals surface area (Å²) in [6.07, 6.45) is -0.340. The first-order valence-corrected chi connectivity index (χ1v) is 8.28. The van der Waals surface area contributed by atoms with Gasteiger partial charge in [0.15, 0.2) is 0 Å².